The molecule has 0 aliphatic heterocycles. The van der Waals surface area contributed by atoms with Gasteiger partial charge in [-0.3, -0.25) is 10.1 Å². The molecule has 0 atom stereocenters. The minimum Gasteiger partial charge on any atom is -0.489 e. The smallest absolute Gasteiger partial charge is 0.270 e. The summed E-state index contributed by atoms with van der Waals surface area (Å²) in [6, 6.07) is 14.2. The lowest BCUT2D eigenvalue weighted by molar-refractivity contribution is -0.385. The van der Waals surface area contributed by atoms with Gasteiger partial charge in [-0.15, -0.1) is 0 Å². The van der Waals surface area contributed by atoms with Gasteiger partial charge in [0.25, 0.3) is 5.69 Å². The lowest BCUT2D eigenvalue weighted by Gasteiger charge is -2.22. The van der Waals surface area contributed by atoms with Crippen LogP contribution in [-0.2, 0) is 12.1 Å². The van der Waals surface area contributed by atoms with Crippen molar-refractivity contribution in [1.29, 1.82) is 0 Å². The Balaban J connectivity index is 2.28. The molecule has 0 radical (unpaired) electrons. The van der Waals surface area contributed by atoms with E-state index in [1.165, 1.54) is 12.1 Å². The Bertz CT molecular complexity index is 634. The molecular formula is C16H18N2O3. The maximum atomic E-state index is 10.9. The van der Waals surface area contributed by atoms with Crippen molar-refractivity contribution in [3.8, 4) is 5.75 Å². The van der Waals surface area contributed by atoms with Gasteiger partial charge in [0.2, 0.25) is 0 Å². The summed E-state index contributed by atoms with van der Waals surface area (Å²) < 4.78 is 5.78. The number of benzene rings is 2. The monoisotopic (exact) mass is 286 g/mol. The molecule has 0 spiro atoms. The molecule has 2 N–H and O–H groups in total. The molecule has 0 amide bonds. The first-order valence-electron chi connectivity index (χ1n) is 6.62. The van der Waals surface area contributed by atoms with Gasteiger partial charge in [0, 0.05) is 23.2 Å². The average molecular weight is 286 g/mol. The van der Waals surface area contributed by atoms with Crippen LogP contribution in [0.15, 0.2) is 48.5 Å². The fourth-order valence-corrected chi connectivity index (χ4v) is 2.00. The molecule has 0 unspecified atom stereocenters. The molecule has 0 bridgehead atoms. The highest BCUT2D eigenvalue weighted by atomic mass is 16.6. The van der Waals surface area contributed by atoms with Gasteiger partial charge >= 0.3 is 0 Å². The van der Waals surface area contributed by atoms with Crippen molar-refractivity contribution in [3.63, 3.8) is 0 Å². The minimum absolute atomic E-state index is 0.00980. The Morgan fingerprint density at radius 1 is 1.19 bits per heavy atom. The van der Waals surface area contributed by atoms with E-state index in [4.69, 9.17) is 10.5 Å². The second kappa shape index (κ2) is 5.93. The summed E-state index contributed by atoms with van der Waals surface area (Å²) in [7, 11) is 0. The van der Waals surface area contributed by atoms with Crippen LogP contribution in [0, 0.1) is 10.1 Å². The minimum atomic E-state index is -0.724. The van der Waals surface area contributed by atoms with Gasteiger partial charge < -0.3 is 10.5 Å². The zero-order valence-corrected chi connectivity index (χ0v) is 12.1. The molecule has 2 aromatic carbocycles. The van der Waals surface area contributed by atoms with Gasteiger partial charge in [0.15, 0.2) is 0 Å². The van der Waals surface area contributed by atoms with E-state index < -0.39 is 10.5 Å². The standard InChI is InChI=1S/C16H18N2O3/c1-16(2,17)14-10-13(18(19)20)8-9-15(14)21-11-12-6-4-3-5-7-12/h3-10H,11,17H2,1-2H3. The maximum absolute atomic E-state index is 10.9. The van der Waals surface area contributed by atoms with Crippen LogP contribution in [0.3, 0.4) is 0 Å². The predicted octanol–water partition coefficient (Wildman–Crippen LogP) is 3.37. The van der Waals surface area contributed by atoms with Crippen LogP contribution in [-0.4, -0.2) is 4.92 Å². The van der Waals surface area contributed by atoms with Crippen molar-refractivity contribution < 1.29 is 9.66 Å². The Morgan fingerprint density at radius 2 is 1.86 bits per heavy atom. The van der Waals surface area contributed by atoms with Gasteiger partial charge in [-0.1, -0.05) is 30.3 Å². The molecule has 0 aliphatic rings. The third-order valence-corrected chi connectivity index (χ3v) is 3.11. The Kier molecular flexibility index (Phi) is 4.23. The molecule has 0 heterocycles. The number of non-ortho nitro benzene ring substituents is 1. The summed E-state index contributed by atoms with van der Waals surface area (Å²) in [5, 5.41) is 10.9. The van der Waals surface area contributed by atoms with E-state index in [0.29, 0.717) is 17.9 Å². The highest BCUT2D eigenvalue weighted by Crippen LogP contribution is 2.32. The summed E-state index contributed by atoms with van der Waals surface area (Å²) in [6.07, 6.45) is 0. The summed E-state index contributed by atoms with van der Waals surface area (Å²) in [5.74, 6) is 0.567. The summed E-state index contributed by atoms with van der Waals surface area (Å²) in [6.45, 7) is 3.98. The molecule has 0 aromatic heterocycles. The van der Waals surface area contributed by atoms with E-state index in [9.17, 15) is 10.1 Å². The van der Waals surface area contributed by atoms with Crippen LogP contribution in [0.1, 0.15) is 25.0 Å². The van der Waals surface area contributed by atoms with Gasteiger partial charge in [0.1, 0.15) is 12.4 Å². The number of nitro benzene ring substituents is 1. The second-order valence-electron chi connectivity index (χ2n) is 5.43. The number of hydrogen-bond donors (Lipinski definition) is 1. The van der Waals surface area contributed by atoms with Gasteiger partial charge in [0.05, 0.1) is 4.92 Å². The van der Waals surface area contributed by atoms with Crippen molar-refractivity contribution in [3.05, 3.63) is 69.8 Å². The molecule has 2 aromatic rings. The zero-order valence-electron chi connectivity index (χ0n) is 12.1. The van der Waals surface area contributed by atoms with Gasteiger partial charge in [-0.05, 0) is 25.5 Å². The molecule has 5 nitrogen and oxygen atoms in total. The number of hydrogen-bond acceptors (Lipinski definition) is 4. The Hall–Kier alpha value is -2.40. The fourth-order valence-electron chi connectivity index (χ4n) is 2.00. The fraction of sp³-hybridized carbons (Fsp3) is 0.250. The first kappa shape index (κ1) is 15.0. The molecule has 5 heteroatoms. The van der Waals surface area contributed by atoms with Crippen molar-refractivity contribution >= 4 is 5.69 Å². The van der Waals surface area contributed by atoms with E-state index in [2.05, 4.69) is 0 Å². The normalized spacial score (nSPS) is 11.2. The number of nitro groups is 1. The molecule has 0 saturated heterocycles. The summed E-state index contributed by atoms with van der Waals surface area (Å²) in [4.78, 5) is 10.5. The quantitative estimate of drug-likeness (QED) is 0.675. The third kappa shape index (κ3) is 3.79. The van der Waals surface area contributed by atoms with Gasteiger partial charge in [-0.25, -0.2) is 0 Å². The largest absolute Gasteiger partial charge is 0.489 e. The molecule has 0 fully saturated rings. The highest BCUT2D eigenvalue weighted by Gasteiger charge is 2.22. The summed E-state index contributed by atoms with van der Waals surface area (Å²) >= 11 is 0. The average Bonchev–Trinajstić information content (AvgIpc) is 2.45. The second-order valence-corrected chi connectivity index (χ2v) is 5.43. The van der Waals surface area contributed by atoms with Gasteiger partial charge in [-0.2, -0.15) is 0 Å². The number of ether oxygens (including phenoxy) is 1. The number of nitrogens with zero attached hydrogens (tertiary/aromatic N) is 1. The molecule has 0 aliphatic carbocycles. The topological polar surface area (TPSA) is 78.4 Å². The molecule has 0 saturated carbocycles. The maximum Gasteiger partial charge on any atom is 0.270 e. The van der Waals surface area contributed by atoms with Crippen LogP contribution in [0.25, 0.3) is 0 Å². The van der Waals surface area contributed by atoms with Crippen LogP contribution in [0.4, 0.5) is 5.69 Å². The van der Waals surface area contributed by atoms with E-state index >= 15 is 0 Å². The van der Waals surface area contributed by atoms with Crippen molar-refractivity contribution in [2.45, 2.75) is 26.0 Å². The number of rotatable bonds is 5. The molecule has 2 rings (SSSR count). The predicted molar refractivity (Wildman–Crippen MR) is 81.1 cm³/mol. The zero-order chi connectivity index (χ0) is 15.5. The lowest BCUT2D eigenvalue weighted by atomic mass is 9.94. The molecular weight excluding hydrogens is 268 g/mol. The molecule has 21 heavy (non-hydrogen) atoms. The van der Waals surface area contributed by atoms with Crippen LogP contribution < -0.4 is 10.5 Å². The first-order valence-corrected chi connectivity index (χ1v) is 6.62. The lowest BCUT2D eigenvalue weighted by Crippen LogP contribution is -2.29. The van der Waals surface area contributed by atoms with E-state index in [1.54, 1.807) is 19.9 Å². The number of nitrogens with two attached hydrogens (primary N) is 1. The van der Waals surface area contributed by atoms with E-state index in [-0.39, 0.29) is 5.69 Å². The van der Waals surface area contributed by atoms with Crippen LogP contribution in [0.5, 0.6) is 5.75 Å². The molecule has 110 valence electrons. The van der Waals surface area contributed by atoms with Crippen molar-refractivity contribution in [2.75, 3.05) is 0 Å². The van der Waals surface area contributed by atoms with E-state index in [0.717, 1.165) is 5.56 Å². The first-order chi connectivity index (χ1) is 9.88. The highest BCUT2D eigenvalue weighted by molar-refractivity contribution is 5.47. The Labute approximate surface area is 123 Å². The van der Waals surface area contributed by atoms with Crippen LogP contribution in [0.2, 0.25) is 0 Å². The van der Waals surface area contributed by atoms with Crippen LogP contribution >= 0.6 is 0 Å². The van der Waals surface area contributed by atoms with Crippen molar-refractivity contribution in [1.82, 2.24) is 0 Å². The Morgan fingerprint density at radius 3 is 2.43 bits per heavy atom. The third-order valence-electron chi connectivity index (χ3n) is 3.11. The van der Waals surface area contributed by atoms with E-state index in [1.807, 2.05) is 30.3 Å². The van der Waals surface area contributed by atoms with Crippen molar-refractivity contribution in [2.24, 2.45) is 5.73 Å². The summed E-state index contributed by atoms with van der Waals surface area (Å²) in [5.41, 5.74) is 7.02. The SMILES string of the molecule is CC(C)(N)c1cc([N+](=O)[O-])ccc1OCc1ccccc1.